The summed E-state index contributed by atoms with van der Waals surface area (Å²) in [6.07, 6.45) is 1.49. The van der Waals surface area contributed by atoms with Crippen LogP contribution < -0.4 is 5.32 Å². The number of benzene rings is 1. The van der Waals surface area contributed by atoms with Crippen molar-refractivity contribution in [2.45, 2.75) is 18.8 Å². The fourth-order valence-corrected chi connectivity index (χ4v) is 2.62. The highest BCUT2D eigenvalue weighted by molar-refractivity contribution is 5.87. The first-order valence-electron chi connectivity index (χ1n) is 6.25. The van der Waals surface area contributed by atoms with E-state index in [4.69, 9.17) is 5.11 Å². The Balaban J connectivity index is 1.51. The predicted octanol–water partition coefficient (Wildman–Crippen LogP) is 1.16. The minimum atomic E-state index is -0.747. The second-order valence-corrected chi connectivity index (χ2v) is 5.14. The highest BCUT2D eigenvalue weighted by atomic mass is 16.4. The number of carboxylic acids is 1. The van der Waals surface area contributed by atoms with Crippen LogP contribution in [0.4, 0.5) is 0 Å². The van der Waals surface area contributed by atoms with Crippen LogP contribution in [0.5, 0.6) is 0 Å². The zero-order valence-corrected chi connectivity index (χ0v) is 9.93. The Labute approximate surface area is 105 Å². The van der Waals surface area contributed by atoms with Gasteiger partial charge in [0.05, 0.1) is 11.8 Å². The highest BCUT2D eigenvalue weighted by Gasteiger charge is 2.43. The summed E-state index contributed by atoms with van der Waals surface area (Å²) >= 11 is 0. The standard InChI is InChI=1S/C14H15NO3/c16-13(15-7-9-6-11(9)14(17)18)12-5-8-3-1-2-4-10(8)12/h1-4,9,11-12H,5-7H2,(H,15,16)(H,17,18)/t9-,11-,12?/m1/s1. The molecule has 4 nitrogen and oxygen atoms in total. The minimum absolute atomic E-state index is 0.0322. The summed E-state index contributed by atoms with van der Waals surface area (Å²) in [5.41, 5.74) is 2.35. The average molecular weight is 245 g/mol. The van der Waals surface area contributed by atoms with Crippen LogP contribution in [-0.4, -0.2) is 23.5 Å². The predicted molar refractivity (Wildman–Crippen MR) is 65.1 cm³/mol. The van der Waals surface area contributed by atoms with E-state index in [1.54, 1.807) is 0 Å². The Morgan fingerprint density at radius 3 is 2.78 bits per heavy atom. The maximum atomic E-state index is 11.9. The summed E-state index contributed by atoms with van der Waals surface area (Å²) in [6, 6.07) is 7.95. The molecule has 0 spiro atoms. The molecule has 2 aliphatic carbocycles. The van der Waals surface area contributed by atoms with Crippen molar-refractivity contribution in [3.8, 4) is 0 Å². The van der Waals surface area contributed by atoms with Crippen LogP contribution in [0.2, 0.25) is 0 Å². The Hall–Kier alpha value is -1.84. The van der Waals surface area contributed by atoms with Gasteiger partial charge in [0, 0.05) is 6.54 Å². The number of hydrogen-bond donors (Lipinski definition) is 2. The Morgan fingerprint density at radius 2 is 2.11 bits per heavy atom. The van der Waals surface area contributed by atoms with Crippen LogP contribution in [0.1, 0.15) is 23.5 Å². The van der Waals surface area contributed by atoms with Crippen molar-refractivity contribution in [2.24, 2.45) is 11.8 Å². The van der Waals surface area contributed by atoms with Gasteiger partial charge in [0.1, 0.15) is 0 Å². The zero-order chi connectivity index (χ0) is 12.7. The van der Waals surface area contributed by atoms with Crippen molar-refractivity contribution in [3.05, 3.63) is 35.4 Å². The van der Waals surface area contributed by atoms with Gasteiger partial charge in [-0.15, -0.1) is 0 Å². The number of hydrogen-bond acceptors (Lipinski definition) is 2. The molecule has 1 saturated carbocycles. The van der Waals surface area contributed by atoms with Crippen LogP contribution in [-0.2, 0) is 16.0 Å². The molecule has 4 heteroatoms. The molecule has 0 bridgehead atoms. The molecule has 0 saturated heterocycles. The van der Waals surface area contributed by atoms with Gasteiger partial charge >= 0.3 is 5.97 Å². The van der Waals surface area contributed by atoms with Gasteiger partial charge < -0.3 is 10.4 Å². The molecular formula is C14H15NO3. The largest absolute Gasteiger partial charge is 0.481 e. The van der Waals surface area contributed by atoms with E-state index in [0.29, 0.717) is 13.0 Å². The van der Waals surface area contributed by atoms with E-state index in [2.05, 4.69) is 5.32 Å². The van der Waals surface area contributed by atoms with E-state index in [9.17, 15) is 9.59 Å². The summed E-state index contributed by atoms with van der Waals surface area (Å²) in [5.74, 6) is -0.878. The molecule has 2 aliphatic rings. The molecule has 0 heterocycles. The number of carbonyl (C=O) groups excluding carboxylic acids is 1. The minimum Gasteiger partial charge on any atom is -0.481 e. The molecule has 94 valence electrons. The summed E-state index contributed by atoms with van der Waals surface area (Å²) in [5, 5.41) is 11.6. The third-order valence-corrected chi connectivity index (χ3v) is 3.95. The first-order chi connectivity index (χ1) is 8.66. The van der Waals surface area contributed by atoms with Gasteiger partial charge in [-0.1, -0.05) is 24.3 Å². The quantitative estimate of drug-likeness (QED) is 0.836. The lowest BCUT2D eigenvalue weighted by Gasteiger charge is -2.28. The van der Waals surface area contributed by atoms with Crippen molar-refractivity contribution in [2.75, 3.05) is 6.54 Å². The normalized spacial score (nSPS) is 27.9. The monoisotopic (exact) mass is 245 g/mol. The molecular weight excluding hydrogens is 230 g/mol. The topological polar surface area (TPSA) is 66.4 Å². The number of rotatable bonds is 4. The van der Waals surface area contributed by atoms with Gasteiger partial charge in [-0.2, -0.15) is 0 Å². The second kappa shape index (κ2) is 4.12. The summed E-state index contributed by atoms with van der Waals surface area (Å²) in [7, 11) is 0. The third kappa shape index (κ3) is 1.88. The Bertz CT molecular complexity index is 512. The van der Waals surface area contributed by atoms with Crippen molar-refractivity contribution >= 4 is 11.9 Å². The van der Waals surface area contributed by atoms with Crippen molar-refractivity contribution in [1.29, 1.82) is 0 Å². The lowest BCUT2D eigenvalue weighted by atomic mass is 9.77. The number of carboxylic acid groups (broad SMARTS) is 1. The maximum absolute atomic E-state index is 11.9. The van der Waals surface area contributed by atoms with Gasteiger partial charge in [-0.3, -0.25) is 9.59 Å². The van der Waals surface area contributed by atoms with Gasteiger partial charge in [-0.25, -0.2) is 0 Å². The number of nitrogens with one attached hydrogen (secondary N) is 1. The van der Waals surface area contributed by atoms with Crippen LogP contribution in [0.3, 0.4) is 0 Å². The number of aliphatic carboxylic acids is 1. The fourth-order valence-electron chi connectivity index (χ4n) is 2.62. The molecule has 3 atom stereocenters. The van der Waals surface area contributed by atoms with Crippen LogP contribution in [0.15, 0.2) is 24.3 Å². The molecule has 0 aromatic heterocycles. The Kier molecular flexibility index (Phi) is 2.58. The van der Waals surface area contributed by atoms with Crippen molar-refractivity contribution in [1.82, 2.24) is 5.32 Å². The van der Waals surface area contributed by atoms with E-state index in [-0.39, 0.29) is 23.7 Å². The molecule has 1 unspecified atom stereocenters. The highest BCUT2D eigenvalue weighted by Crippen LogP contribution is 2.39. The molecule has 0 radical (unpaired) electrons. The van der Waals surface area contributed by atoms with Crippen molar-refractivity contribution in [3.63, 3.8) is 0 Å². The van der Waals surface area contributed by atoms with Gasteiger partial charge in [-0.05, 0) is 29.9 Å². The summed E-state index contributed by atoms with van der Waals surface area (Å²) in [6.45, 7) is 0.495. The van der Waals surface area contributed by atoms with E-state index >= 15 is 0 Å². The van der Waals surface area contributed by atoms with E-state index < -0.39 is 5.97 Å². The van der Waals surface area contributed by atoms with Gasteiger partial charge in [0.15, 0.2) is 0 Å². The smallest absolute Gasteiger partial charge is 0.306 e. The van der Waals surface area contributed by atoms with E-state index in [1.807, 2.05) is 24.3 Å². The molecule has 1 aromatic rings. The number of carbonyl (C=O) groups is 2. The molecule has 2 N–H and O–H groups in total. The van der Waals surface area contributed by atoms with Crippen LogP contribution >= 0.6 is 0 Å². The molecule has 0 aliphatic heterocycles. The molecule has 1 amide bonds. The van der Waals surface area contributed by atoms with Gasteiger partial charge in [0.2, 0.25) is 5.91 Å². The Morgan fingerprint density at radius 1 is 1.33 bits per heavy atom. The first-order valence-corrected chi connectivity index (χ1v) is 6.25. The second-order valence-electron chi connectivity index (χ2n) is 5.14. The first kappa shape index (κ1) is 11.3. The van der Waals surface area contributed by atoms with Crippen LogP contribution in [0.25, 0.3) is 0 Å². The molecule has 3 rings (SSSR count). The average Bonchev–Trinajstić information content (AvgIpc) is 3.08. The lowest BCUT2D eigenvalue weighted by Crippen LogP contribution is -2.36. The number of fused-ring (bicyclic) bond motifs is 1. The molecule has 1 aromatic carbocycles. The fraction of sp³-hybridized carbons (Fsp3) is 0.429. The van der Waals surface area contributed by atoms with E-state index in [0.717, 1.165) is 12.0 Å². The number of amides is 1. The summed E-state index contributed by atoms with van der Waals surface area (Å²) in [4.78, 5) is 22.6. The lowest BCUT2D eigenvalue weighted by molar-refractivity contribution is -0.139. The molecule has 1 fully saturated rings. The summed E-state index contributed by atoms with van der Waals surface area (Å²) < 4.78 is 0. The van der Waals surface area contributed by atoms with Gasteiger partial charge in [0.25, 0.3) is 0 Å². The molecule has 18 heavy (non-hydrogen) atoms. The van der Waals surface area contributed by atoms with Crippen molar-refractivity contribution < 1.29 is 14.7 Å². The van der Waals surface area contributed by atoms with E-state index in [1.165, 1.54) is 5.56 Å². The zero-order valence-electron chi connectivity index (χ0n) is 9.93. The maximum Gasteiger partial charge on any atom is 0.306 e. The van der Waals surface area contributed by atoms with Crippen LogP contribution in [0, 0.1) is 11.8 Å². The third-order valence-electron chi connectivity index (χ3n) is 3.95. The SMILES string of the molecule is O=C(NC[C@H]1C[C@H]1C(=O)O)C1Cc2ccccc21.